The van der Waals surface area contributed by atoms with Gasteiger partial charge in [0.15, 0.2) is 0 Å². The average Bonchev–Trinajstić information content (AvgIpc) is 2.78. The van der Waals surface area contributed by atoms with E-state index in [1.165, 1.54) is 11.6 Å². The Labute approximate surface area is 99.3 Å². The van der Waals surface area contributed by atoms with Gasteiger partial charge in [-0.25, -0.2) is 4.79 Å². The van der Waals surface area contributed by atoms with Crippen molar-refractivity contribution >= 4 is 5.97 Å². The SMILES string of the molecule is CC(C)c1ccc(-c2cc(C(=O)O)[nH]n2)cc1. The molecular formula is C13H14N2O2. The molecule has 0 fully saturated rings. The zero-order chi connectivity index (χ0) is 12.4. The summed E-state index contributed by atoms with van der Waals surface area (Å²) in [4.78, 5) is 10.7. The molecule has 0 saturated heterocycles. The first-order chi connectivity index (χ1) is 8.08. The third kappa shape index (κ3) is 2.36. The molecule has 0 radical (unpaired) electrons. The lowest BCUT2D eigenvalue weighted by atomic mass is 10.0. The van der Waals surface area contributed by atoms with Crippen molar-refractivity contribution in [3.8, 4) is 11.3 Å². The molecule has 0 aliphatic carbocycles. The largest absolute Gasteiger partial charge is 0.477 e. The maximum Gasteiger partial charge on any atom is 0.353 e. The van der Waals surface area contributed by atoms with E-state index < -0.39 is 5.97 Å². The van der Waals surface area contributed by atoms with Crippen LogP contribution < -0.4 is 0 Å². The van der Waals surface area contributed by atoms with Gasteiger partial charge in [-0.3, -0.25) is 5.10 Å². The van der Waals surface area contributed by atoms with E-state index in [0.717, 1.165) is 5.56 Å². The Balaban J connectivity index is 2.30. The van der Waals surface area contributed by atoms with Crippen LogP contribution in [0.3, 0.4) is 0 Å². The third-order valence-electron chi connectivity index (χ3n) is 2.68. The molecule has 1 aromatic heterocycles. The minimum Gasteiger partial charge on any atom is -0.477 e. The van der Waals surface area contributed by atoms with Crippen molar-refractivity contribution < 1.29 is 9.90 Å². The fourth-order valence-electron chi connectivity index (χ4n) is 1.62. The molecule has 0 aliphatic heterocycles. The monoisotopic (exact) mass is 230 g/mol. The Hall–Kier alpha value is -2.10. The summed E-state index contributed by atoms with van der Waals surface area (Å²) in [7, 11) is 0. The Kier molecular flexibility index (Phi) is 2.95. The van der Waals surface area contributed by atoms with Gasteiger partial charge in [0.2, 0.25) is 0 Å². The predicted octanol–water partition coefficient (Wildman–Crippen LogP) is 2.90. The highest BCUT2D eigenvalue weighted by Gasteiger charge is 2.09. The van der Waals surface area contributed by atoms with E-state index in [2.05, 4.69) is 24.0 Å². The number of benzene rings is 1. The number of H-pyrrole nitrogens is 1. The van der Waals surface area contributed by atoms with Gasteiger partial charge in [0, 0.05) is 5.56 Å². The fourth-order valence-corrected chi connectivity index (χ4v) is 1.62. The van der Waals surface area contributed by atoms with Crippen LogP contribution in [0, 0.1) is 0 Å². The number of nitrogens with one attached hydrogen (secondary N) is 1. The highest BCUT2D eigenvalue weighted by Crippen LogP contribution is 2.21. The first kappa shape index (κ1) is 11.4. The van der Waals surface area contributed by atoms with Gasteiger partial charge in [0.1, 0.15) is 5.69 Å². The Morgan fingerprint density at radius 1 is 1.29 bits per heavy atom. The maximum absolute atomic E-state index is 10.7. The molecule has 4 heteroatoms. The summed E-state index contributed by atoms with van der Waals surface area (Å²) in [5, 5.41) is 15.3. The molecule has 1 heterocycles. The number of aromatic nitrogens is 2. The van der Waals surface area contributed by atoms with Crippen LogP contribution in [-0.2, 0) is 0 Å². The van der Waals surface area contributed by atoms with E-state index in [9.17, 15) is 4.79 Å². The molecule has 0 amide bonds. The summed E-state index contributed by atoms with van der Waals surface area (Å²) in [5.41, 5.74) is 2.92. The molecule has 2 rings (SSSR count). The second-order valence-electron chi connectivity index (χ2n) is 4.25. The summed E-state index contributed by atoms with van der Waals surface area (Å²) >= 11 is 0. The molecule has 0 saturated carbocycles. The first-order valence-electron chi connectivity index (χ1n) is 5.47. The van der Waals surface area contributed by atoms with Gasteiger partial charge >= 0.3 is 5.97 Å². The van der Waals surface area contributed by atoms with Gasteiger partial charge in [-0.1, -0.05) is 38.1 Å². The van der Waals surface area contributed by atoms with Crippen molar-refractivity contribution in [2.24, 2.45) is 0 Å². The average molecular weight is 230 g/mol. The summed E-state index contributed by atoms with van der Waals surface area (Å²) in [6, 6.07) is 9.52. The summed E-state index contributed by atoms with van der Waals surface area (Å²) in [6.45, 7) is 4.26. The first-order valence-corrected chi connectivity index (χ1v) is 5.47. The number of carbonyl (C=O) groups is 1. The van der Waals surface area contributed by atoms with Crippen LogP contribution in [0.5, 0.6) is 0 Å². The summed E-state index contributed by atoms with van der Waals surface area (Å²) in [5.74, 6) is -0.514. The number of aromatic amines is 1. The maximum atomic E-state index is 10.7. The lowest BCUT2D eigenvalue weighted by Crippen LogP contribution is -1.95. The molecule has 0 spiro atoms. The topological polar surface area (TPSA) is 66.0 Å². The number of nitrogens with zero attached hydrogens (tertiary/aromatic N) is 1. The molecule has 4 nitrogen and oxygen atoms in total. The molecular weight excluding hydrogens is 216 g/mol. The highest BCUT2D eigenvalue weighted by atomic mass is 16.4. The number of carboxylic acids is 1. The molecule has 0 unspecified atom stereocenters. The van der Waals surface area contributed by atoms with Gasteiger partial charge in [-0.2, -0.15) is 5.10 Å². The van der Waals surface area contributed by atoms with Gasteiger partial charge < -0.3 is 5.11 Å². The van der Waals surface area contributed by atoms with Crippen LogP contribution in [0.25, 0.3) is 11.3 Å². The van der Waals surface area contributed by atoms with Crippen molar-refractivity contribution in [3.63, 3.8) is 0 Å². The Bertz CT molecular complexity index is 527. The lowest BCUT2D eigenvalue weighted by molar-refractivity contribution is 0.0690. The van der Waals surface area contributed by atoms with Crippen molar-refractivity contribution in [2.45, 2.75) is 19.8 Å². The number of hydrogen-bond donors (Lipinski definition) is 2. The number of hydrogen-bond acceptors (Lipinski definition) is 2. The van der Waals surface area contributed by atoms with Crippen molar-refractivity contribution in [3.05, 3.63) is 41.6 Å². The number of rotatable bonds is 3. The number of aromatic carboxylic acids is 1. The predicted molar refractivity (Wildman–Crippen MR) is 65.1 cm³/mol. The van der Waals surface area contributed by atoms with Crippen LogP contribution >= 0.6 is 0 Å². The van der Waals surface area contributed by atoms with Crippen LogP contribution in [-0.4, -0.2) is 21.3 Å². The van der Waals surface area contributed by atoms with E-state index in [0.29, 0.717) is 11.6 Å². The zero-order valence-corrected chi connectivity index (χ0v) is 9.77. The van der Waals surface area contributed by atoms with Gasteiger partial charge in [-0.15, -0.1) is 0 Å². The van der Waals surface area contributed by atoms with E-state index in [4.69, 9.17) is 5.11 Å². The normalized spacial score (nSPS) is 10.8. The van der Waals surface area contributed by atoms with Crippen molar-refractivity contribution in [2.75, 3.05) is 0 Å². The van der Waals surface area contributed by atoms with Crippen LogP contribution in [0.1, 0.15) is 35.8 Å². The summed E-state index contributed by atoms with van der Waals surface area (Å²) in [6.07, 6.45) is 0. The van der Waals surface area contributed by atoms with E-state index in [1.807, 2.05) is 24.3 Å². The van der Waals surface area contributed by atoms with Crippen molar-refractivity contribution in [1.82, 2.24) is 10.2 Å². The second-order valence-corrected chi connectivity index (χ2v) is 4.25. The zero-order valence-electron chi connectivity index (χ0n) is 9.77. The molecule has 2 N–H and O–H groups in total. The van der Waals surface area contributed by atoms with Gasteiger partial charge in [0.05, 0.1) is 5.69 Å². The molecule has 88 valence electrons. The second kappa shape index (κ2) is 4.41. The molecule has 0 atom stereocenters. The van der Waals surface area contributed by atoms with Crippen LogP contribution in [0.4, 0.5) is 0 Å². The molecule has 1 aromatic carbocycles. The fraction of sp³-hybridized carbons (Fsp3) is 0.231. The minimum atomic E-state index is -0.998. The van der Waals surface area contributed by atoms with E-state index >= 15 is 0 Å². The standard InChI is InChI=1S/C13H14N2O2/c1-8(2)9-3-5-10(6-4-9)11-7-12(13(16)17)15-14-11/h3-8H,1-2H3,(H,14,15)(H,16,17). The molecule has 17 heavy (non-hydrogen) atoms. The Morgan fingerprint density at radius 3 is 2.41 bits per heavy atom. The lowest BCUT2D eigenvalue weighted by Gasteiger charge is -2.05. The van der Waals surface area contributed by atoms with Gasteiger partial charge in [-0.05, 0) is 17.5 Å². The molecule has 0 bridgehead atoms. The van der Waals surface area contributed by atoms with Crippen LogP contribution in [0.15, 0.2) is 30.3 Å². The quantitative estimate of drug-likeness (QED) is 0.852. The Morgan fingerprint density at radius 2 is 1.94 bits per heavy atom. The number of carboxylic acid groups (broad SMARTS) is 1. The van der Waals surface area contributed by atoms with E-state index in [1.54, 1.807) is 0 Å². The van der Waals surface area contributed by atoms with Gasteiger partial charge in [0.25, 0.3) is 0 Å². The minimum absolute atomic E-state index is 0.105. The smallest absolute Gasteiger partial charge is 0.353 e. The van der Waals surface area contributed by atoms with Crippen LogP contribution in [0.2, 0.25) is 0 Å². The third-order valence-corrected chi connectivity index (χ3v) is 2.68. The molecule has 2 aromatic rings. The highest BCUT2D eigenvalue weighted by molar-refractivity contribution is 5.86. The molecule has 0 aliphatic rings. The van der Waals surface area contributed by atoms with E-state index in [-0.39, 0.29) is 5.69 Å². The van der Waals surface area contributed by atoms with Crippen molar-refractivity contribution in [1.29, 1.82) is 0 Å². The summed E-state index contributed by atoms with van der Waals surface area (Å²) < 4.78 is 0.